The lowest BCUT2D eigenvalue weighted by Gasteiger charge is -2.22. The molecule has 5 rings (SSSR count). The number of halogens is 5. The number of rotatable bonds is 10. The summed E-state index contributed by atoms with van der Waals surface area (Å²) in [7, 11) is 3.10. The Morgan fingerprint density at radius 1 is 0.930 bits per heavy atom. The van der Waals surface area contributed by atoms with Crippen LogP contribution < -0.4 is 13.8 Å². The smallest absolute Gasteiger partial charge is 0.416 e. The Morgan fingerprint density at radius 2 is 1.77 bits per heavy atom. The van der Waals surface area contributed by atoms with Gasteiger partial charge in [0.15, 0.2) is 0 Å². The third kappa shape index (κ3) is 7.32. The summed E-state index contributed by atoms with van der Waals surface area (Å²) in [5.41, 5.74) is 2.23. The molecule has 7 nitrogen and oxygen atoms in total. The first-order valence-corrected chi connectivity index (χ1v) is 15.1. The summed E-state index contributed by atoms with van der Waals surface area (Å²) < 4.78 is 68.6. The number of hydrogen-bond acceptors (Lipinski definition) is 10. The van der Waals surface area contributed by atoms with Crippen molar-refractivity contribution in [3.63, 3.8) is 0 Å². The first kappa shape index (κ1) is 30.9. The maximum Gasteiger partial charge on any atom is 0.416 e. The highest BCUT2D eigenvalue weighted by molar-refractivity contribution is 8.01. The molecule has 0 N–H and O–H groups in total. The van der Waals surface area contributed by atoms with Gasteiger partial charge in [-0.25, -0.2) is 4.39 Å². The summed E-state index contributed by atoms with van der Waals surface area (Å²) >= 11 is 10.0. The molecule has 2 heterocycles. The van der Waals surface area contributed by atoms with Gasteiger partial charge in [-0.3, -0.25) is 4.31 Å². The van der Waals surface area contributed by atoms with Crippen molar-refractivity contribution < 1.29 is 27.0 Å². The molecule has 3 aromatic carbocycles. The fourth-order valence-electron chi connectivity index (χ4n) is 3.92. The van der Waals surface area contributed by atoms with Crippen LogP contribution in [0.4, 0.5) is 22.7 Å². The predicted molar refractivity (Wildman–Crippen MR) is 159 cm³/mol. The minimum Gasteiger partial charge on any atom is -0.497 e. The molecule has 0 unspecified atom stereocenters. The molecule has 0 fully saturated rings. The van der Waals surface area contributed by atoms with Gasteiger partial charge >= 0.3 is 6.18 Å². The maximum atomic E-state index is 15.6. The molecule has 5 aromatic rings. The lowest BCUT2D eigenvalue weighted by Crippen LogP contribution is -2.15. The third-order valence-electron chi connectivity index (χ3n) is 5.99. The second-order valence-electron chi connectivity index (χ2n) is 8.68. The number of benzene rings is 3. The molecule has 15 heteroatoms. The summed E-state index contributed by atoms with van der Waals surface area (Å²) in [5.74, 6) is 0.627. The number of nitrogens with zero attached hydrogens (tertiary/aromatic N) is 5. The van der Waals surface area contributed by atoms with Crippen molar-refractivity contribution in [2.75, 3.05) is 18.5 Å². The minimum atomic E-state index is -4.55. The van der Waals surface area contributed by atoms with Crippen molar-refractivity contribution in [3.8, 4) is 22.6 Å². The molecule has 0 amide bonds. The van der Waals surface area contributed by atoms with Gasteiger partial charge in [0.1, 0.15) is 22.8 Å². The summed E-state index contributed by atoms with van der Waals surface area (Å²) in [6, 6.07) is 13.0. The predicted octanol–water partition coefficient (Wildman–Crippen LogP) is 8.69. The highest BCUT2D eigenvalue weighted by Crippen LogP contribution is 2.44. The van der Waals surface area contributed by atoms with E-state index in [1.54, 1.807) is 42.2 Å². The Bertz CT molecular complexity index is 1710. The fraction of sp³-hybridized carbons (Fsp3) is 0.143. The van der Waals surface area contributed by atoms with E-state index in [0.717, 1.165) is 41.4 Å². The monoisotopic (exact) mass is 665 g/mol. The van der Waals surface area contributed by atoms with Crippen molar-refractivity contribution >= 4 is 51.8 Å². The van der Waals surface area contributed by atoms with Crippen molar-refractivity contribution in [1.29, 1.82) is 0 Å². The number of hydrogen-bond donors (Lipinski definition) is 0. The zero-order valence-electron chi connectivity index (χ0n) is 22.3. The standard InChI is InChI=1S/C28H20ClF4N5O2S3/c1-39-19-5-3-17(23(10-19)40-2)14-38(27-37-36-15-41-27)43-26-11-21(29)25(12-22(26)30)42-24-6-4-18(28(31,32)33)9-20(24)16-7-8-34-35-13-16/h3-13,15H,14H2,1-2H3. The SMILES string of the molecule is COc1ccc(CN(Sc2cc(Cl)c(Sc3ccc(C(F)(F)F)cc3-c3ccnnc3)cc2F)c2nncs2)c(OC)c1. The average Bonchev–Trinajstić information content (AvgIpc) is 3.54. The van der Waals surface area contributed by atoms with E-state index in [1.165, 1.54) is 41.9 Å². The number of anilines is 1. The number of aromatic nitrogens is 4. The molecule has 0 aliphatic carbocycles. The Labute approximate surface area is 261 Å². The van der Waals surface area contributed by atoms with Gasteiger partial charge < -0.3 is 9.47 Å². The van der Waals surface area contributed by atoms with E-state index in [9.17, 15) is 13.2 Å². The molecule has 0 spiro atoms. The zero-order valence-corrected chi connectivity index (χ0v) is 25.5. The molecule has 222 valence electrons. The number of ether oxygens (including phenoxy) is 2. The van der Waals surface area contributed by atoms with E-state index in [-0.39, 0.29) is 22.0 Å². The molecule has 0 atom stereocenters. The van der Waals surface area contributed by atoms with Crippen molar-refractivity contribution in [1.82, 2.24) is 20.4 Å². The van der Waals surface area contributed by atoms with E-state index in [1.807, 2.05) is 6.07 Å². The summed E-state index contributed by atoms with van der Waals surface area (Å²) in [6.07, 6.45) is -1.80. The van der Waals surface area contributed by atoms with E-state index in [2.05, 4.69) is 20.4 Å². The van der Waals surface area contributed by atoms with E-state index in [0.29, 0.717) is 32.0 Å². The zero-order chi connectivity index (χ0) is 30.6. The Kier molecular flexibility index (Phi) is 9.59. The quantitative estimate of drug-likeness (QED) is 0.108. The van der Waals surface area contributed by atoms with E-state index >= 15 is 4.39 Å². The van der Waals surface area contributed by atoms with E-state index in [4.69, 9.17) is 21.1 Å². The third-order valence-corrected chi connectivity index (χ3v) is 9.41. The van der Waals surface area contributed by atoms with Gasteiger partial charge in [0, 0.05) is 27.0 Å². The second kappa shape index (κ2) is 13.4. The molecule has 0 saturated heterocycles. The molecule has 0 aliphatic heterocycles. The van der Waals surface area contributed by atoms with E-state index < -0.39 is 17.6 Å². The Hall–Kier alpha value is -3.59. The average molecular weight is 666 g/mol. The van der Waals surface area contributed by atoms with Gasteiger partial charge in [0.25, 0.3) is 0 Å². The Balaban J connectivity index is 1.45. The van der Waals surface area contributed by atoms with Gasteiger partial charge in [-0.15, -0.1) is 10.2 Å². The lowest BCUT2D eigenvalue weighted by atomic mass is 10.0. The summed E-state index contributed by atoms with van der Waals surface area (Å²) in [5, 5.41) is 16.3. The van der Waals surface area contributed by atoms with Crippen molar-refractivity contribution in [2.24, 2.45) is 0 Å². The summed E-state index contributed by atoms with van der Waals surface area (Å²) in [6.45, 7) is 0.287. The molecule has 0 aliphatic rings. The van der Waals surface area contributed by atoms with Gasteiger partial charge in [-0.05, 0) is 66.0 Å². The Morgan fingerprint density at radius 3 is 2.44 bits per heavy atom. The normalized spacial score (nSPS) is 11.4. The van der Waals surface area contributed by atoms with Crippen LogP contribution in [0.2, 0.25) is 5.02 Å². The highest BCUT2D eigenvalue weighted by Gasteiger charge is 2.31. The number of alkyl halides is 3. The topological polar surface area (TPSA) is 73.3 Å². The van der Waals surface area contributed by atoms with Crippen LogP contribution in [0.15, 0.2) is 87.2 Å². The maximum absolute atomic E-state index is 15.6. The van der Waals surface area contributed by atoms with Crippen LogP contribution in [0.1, 0.15) is 11.1 Å². The first-order chi connectivity index (χ1) is 20.7. The molecule has 0 saturated carbocycles. The minimum absolute atomic E-state index is 0.211. The molecular formula is C28H20ClF4N5O2S3. The lowest BCUT2D eigenvalue weighted by molar-refractivity contribution is -0.137. The van der Waals surface area contributed by atoms with Crippen LogP contribution in [-0.4, -0.2) is 34.6 Å². The van der Waals surface area contributed by atoms with Crippen LogP contribution in [0.5, 0.6) is 11.5 Å². The van der Waals surface area contributed by atoms with Gasteiger partial charge in [0.2, 0.25) is 5.13 Å². The molecular weight excluding hydrogens is 646 g/mol. The fourth-order valence-corrected chi connectivity index (χ4v) is 6.82. The van der Waals surface area contributed by atoms with Crippen molar-refractivity contribution in [3.05, 3.63) is 94.5 Å². The second-order valence-corrected chi connectivity index (χ2v) is 12.0. The molecule has 0 bridgehead atoms. The molecule has 0 radical (unpaired) electrons. The summed E-state index contributed by atoms with van der Waals surface area (Å²) in [4.78, 5) is 0.971. The number of methoxy groups -OCH3 is 2. The van der Waals surface area contributed by atoms with Crippen molar-refractivity contribution in [2.45, 2.75) is 27.4 Å². The molecule has 43 heavy (non-hydrogen) atoms. The van der Waals surface area contributed by atoms with Gasteiger partial charge in [-0.1, -0.05) is 34.7 Å². The molecule has 2 aromatic heterocycles. The van der Waals surface area contributed by atoms with Gasteiger partial charge in [0.05, 0.1) is 48.6 Å². The first-order valence-electron chi connectivity index (χ1n) is 12.2. The van der Waals surface area contributed by atoms with Crippen LogP contribution in [0.3, 0.4) is 0 Å². The van der Waals surface area contributed by atoms with Crippen LogP contribution >= 0.6 is 46.6 Å². The van der Waals surface area contributed by atoms with Crippen LogP contribution in [0, 0.1) is 5.82 Å². The largest absolute Gasteiger partial charge is 0.497 e. The van der Waals surface area contributed by atoms with Crippen LogP contribution in [-0.2, 0) is 12.7 Å². The highest BCUT2D eigenvalue weighted by atomic mass is 35.5. The van der Waals surface area contributed by atoms with Gasteiger partial charge in [-0.2, -0.15) is 23.4 Å². The van der Waals surface area contributed by atoms with Crippen LogP contribution in [0.25, 0.3) is 11.1 Å².